The van der Waals surface area contributed by atoms with Crippen molar-refractivity contribution >= 4 is 28.1 Å². The molecule has 0 radical (unpaired) electrons. The first-order chi connectivity index (χ1) is 11.4. The van der Waals surface area contributed by atoms with Crippen LogP contribution >= 0.6 is 0 Å². The maximum atomic E-state index is 12.2. The van der Waals surface area contributed by atoms with Crippen molar-refractivity contribution in [2.75, 3.05) is 5.75 Å². The van der Waals surface area contributed by atoms with Crippen LogP contribution in [0.15, 0.2) is 23.1 Å². The van der Waals surface area contributed by atoms with Gasteiger partial charge in [0.1, 0.15) is 16.8 Å². The molecule has 0 aliphatic heterocycles. The molecule has 0 aromatic heterocycles. The minimum Gasteiger partial charge on any atom is -0.462 e. The van der Waals surface area contributed by atoms with E-state index in [1.807, 2.05) is 0 Å². The van der Waals surface area contributed by atoms with Crippen molar-refractivity contribution < 1.29 is 23.6 Å². The maximum Gasteiger partial charge on any atom is 0.319 e. The highest BCUT2D eigenvalue weighted by atomic mass is 32.2. The number of carbonyl (C=O) groups is 1. The van der Waals surface area contributed by atoms with Gasteiger partial charge in [0, 0.05) is 6.07 Å². The summed E-state index contributed by atoms with van der Waals surface area (Å²) >= 11 is 0. The highest BCUT2D eigenvalue weighted by Crippen LogP contribution is 2.27. The molecule has 1 atom stereocenters. The molecule has 1 aliphatic carbocycles. The van der Waals surface area contributed by atoms with Gasteiger partial charge in [-0.15, -0.1) is 0 Å². The number of rotatable bonds is 6. The Bertz CT molecular complexity index is 686. The number of nitro benzene ring substituents is 2. The molecule has 9 nitrogen and oxygen atoms in total. The van der Waals surface area contributed by atoms with Gasteiger partial charge in [-0.1, -0.05) is 6.42 Å². The van der Waals surface area contributed by atoms with Crippen molar-refractivity contribution in [1.82, 2.24) is 0 Å². The van der Waals surface area contributed by atoms with E-state index in [0.29, 0.717) is 0 Å². The highest BCUT2D eigenvalue weighted by Gasteiger charge is 2.26. The normalized spacial score (nSPS) is 16.3. The average Bonchev–Trinajstić information content (AvgIpc) is 2.54. The Morgan fingerprint density at radius 1 is 1.17 bits per heavy atom. The maximum absolute atomic E-state index is 12.2. The zero-order valence-electron chi connectivity index (χ0n) is 12.7. The molecule has 1 aliphatic rings. The zero-order chi connectivity index (χ0) is 17.7. The molecule has 0 spiro atoms. The quantitative estimate of drug-likeness (QED) is 0.435. The molecule has 0 N–H and O–H groups in total. The average molecular weight is 356 g/mol. The Morgan fingerprint density at radius 3 is 2.42 bits per heavy atom. The summed E-state index contributed by atoms with van der Waals surface area (Å²) in [5, 5.41) is 21.7. The van der Waals surface area contributed by atoms with Gasteiger partial charge < -0.3 is 4.74 Å². The Labute approximate surface area is 139 Å². The molecule has 1 saturated carbocycles. The number of nitrogens with zero attached hydrogens (tertiary/aromatic N) is 2. The fourth-order valence-corrected chi connectivity index (χ4v) is 3.57. The van der Waals surface area contributed by atoms with Crippen molar-refractivity contribution in [1.29, 1.82) is 0 Å². The van der Waals surface area contributed by atoms with Crippen LogP contribution in [-0.4, -0.2) is 31.9 Å². The number of hydrogen-bond acceptors (Lipinski definition) is 7. The van der Waals surface area contributed by atoms with Gasteiger partial charge in [0.25, 0.3) is 11.4 Å². The Kier molecular flexibility index (Phi) is 5.96. The first-order valence-electron chi connectivity index (χ1n) is 7.39. The molecule has 1 aromatic rings. The molecule has 24 heavy (non-hydrogen) atoms. The van der Waals surface area contributed by atoms with Crippen LogP contribution in [0.3, 0.4) is 0 Å². The second-order valence-corrected chi connectivity index (χ2v) is 6.83. The molecular weight excluding hydrogens is 340 g/mol. The first kappa shape index (κ1) is 18.0. The molecule has 1 aromatic carbocycles. The predicted octanol–water partition coefficient (Wildman–Crippen LogP) is 2.49. The molecule has 0 bridgehead atoms. The van der Waals surface area contributed by atoms with Crippen LogP contribution in [0.2, 0.25) is 0 Å². The summed E-state index contributed by atoms with van der Waals surface area (Å²) < 4.78 is 17.5. The summed E-state index contributed by atoms with van der Waals surface area (Å²) in [6.45, 7) is 0. The fourth-order valence-electron chi connectivity index (χ4n) is 2.54. The molecule has 130 valence electrons. The van der Waals surface area contributed by atoms with E-state index < -0.39 is 43.7 Å². The standard InChI is InChI=1S/C14H16N2O7S/c17-14(23-11-4-2-1-3-5-11)9-24(22)13-7-6-10(15(18)19)8-12(13)16(20)21/h6-8,11H,1-5,9H2. The third-order valence-corrected chi connectivity index (χ3v) is 5.03. The monoisotopic (exact) mass is 356 g/mol. The summed E-state index contributed by atoms with van der Waals surface area (Å²) in [6.07, 6.45) is 4.35. The van der Waals surface area contributed by atoms with Gasteiger partial charge in [-0.25, -0.2) is 0 Å². The lowest BCUT2D eigenvalue weighted by Gasteiger charge is -2.21. The van der Waals surface area contributed by atoms with E-state index in [1.54, 1.807) is 0 Å². The number of benzene rings is 1. The molecule has 0 heterocycles. The van der Waals surface area contributed by atoms with E-state index in [9.17, 15) is 29.2 Å². The number of non-ortho nitro benzene ring substituents is 1. The fraction of sp³-hybridized carbons (Fsp3) is 0.500. The topological polar surface area (TPSA) is 130 Å². The van der Waals surface area contributed by atoms with Gasteiger partial charge >= 0.3 is 5.97 Å². The number of nitro groups is 2. The smallest absolute Gasteiger partial charge is 0.319 e. The van der Waals surface area contributed by atoms with Crippen molar-refractivity contribution in [2.45, 2.75) is 43.1 Å². The summed E-state index contributed by atoms with van der Waals surface area (Å²) in [5.41, 5.74) is -1.12. The van der Waals surface area contributed by atoms with Gasteiger partial charge in [-0.05, 0) is 31.7 Å². The number of esters is 1. The van der Waals surface area contributed by atoms with Gasteiger partial charge in [0.15, 0.2) is 0 Å². The summed E-state index contributed by atoms with van der Waals surface area (Å²) in [6, 6.07) is 2.80. The van der Waals surface area contributed by atoms with E-state index in [4.69, 9.17) is 4.74 Å². The van der Waals surface area contributed by atoms with Crippen molar-refractivity contribution in [3.63, 3.8) is 0 Å². The number of carbonyl (C=O) groups excluding carboxylic acids is 1. The summed E-state index contributed by atoms with van der Waals surface area (Å²) in [4.78, 5) is 31.7. The minimum absolute atomic E-state index is 0.199. The van der Waals surface area contributed by atoms with Crippen LogP contribution in [0.4, 0.5) is 11.4 Å². The van der Waals surface area contributed by atoms with Gasteiger partial charge in [0.05, 0.1) is 26.7 Å². The first-order valence-corrected chi connectivity index (χ1v) is 8.71. The SMILES string of the molecule is O=C(CS(=O)c1ccc([N+](=O)[O-])cc1[N+](=O)[O-])OC1CCCCC1. The molecule has 0 amide bonds. The molecular formula is C14H16N2O7S. The largest absolute Gasteiger partial charge is 0.462 e. The predicted molar refractivity (Wildman–Crippen MR) is 84.0 cm³/mol. The van der Waals surface area contributed by atoms with Crippen LogP contribution in [0.25, 0.3) is 0 Å². The Morgan fingerprint density at radius 2 is 1.83 bits per heavy atom. The number of ether oxygens (including phenoxy) is 1. The third-order valence-electron chi connectivity index (χ3n) is 3.69. The molecule has 1 unspecified atom stereocenters. The van der Waals surface area contributed by atoms with E-state index in [1.165, 1.54) is 0 Å². The summed E-state index contributed by atoms with van der Waals surface area (Å²) in [5.74, 6) is -1.21. The lowest BCUT2D eigenvalue weighted by atomic mass is 9.98. The van der Waals surface area contributed by atoms with Crippen LogP contribution in [0, 0.1) is 20.2 Å². The number of hydrogen-bond donors (Lipinski definition) is 0. The van der Waals surface area contributed by atoms with Gasteiger partial charge in [-0.3, -0.25) is 29.2 Å². The van der Waals surface area contributed by atoms with Crippen molar-refractivity contribution in [3.05, 3.63) is 38.4 Å². The molecule has 0 saturated heterocycles. The van der Waals surface area contributed by atoms with E-state index in [0.717, 1.165) is 50.3 Å². The molecule has 1 fully saturated rings. The summed E-state index contributed by atoms with van der Waals surface area (Å²) in [7, 11) is -2.01. The van der Waals surface area contributed by atoms with Crippen molar-refractivity contribution in [3.8, 4) is 0 Å². The Balaban J connectivity index is 2.09. The minimum atomic E-state index is -2.01. The lowest BCUT2D eigenvalue weighted by Crippen LogP contribution is -2.24. The van der Waals surface area contributed by atoms with Crippen molar-refractivity contribution in [2.24, 2.45) is 0 Å². The van der Waals surface area contributed by atoms with Crippen LogP contribution in [0.1, 0.15) is 32.1 Å². The van der Waals surface area contributed by atoms with Crippen LogP contribution < -0.4 is 0 Å². The van der Waals surface area contributed by atoms with Crippen LogP contribution in [0.5, 0.6) is 0 Å². The van der Waals surface area contributed by atoms with E-state index in [2.05, 4.69) is 0 Å². The van der Waals surface area contributed by atoms with E-state index >= 15 is 0 Å². The van der Waals surface area contributed by atoms with Gasteiger partial charge in [0.2, 0.25) is 0 Å². The molecule has 10 heteroatoms. The Hall–Kier alpha value is -2.36. The third kappa shape index (κ3) is 4.57. The van der Waals surface area contributed by atoms with Gasteiger partial charge in [-0.2, -0.15) is 0 Å². The highest BCUT2D eigenvalue weighted by molar-refractivity contribution is 7.85. The molecule has 2 rings (SSSR count). The lowest BCUT2D eigenvalue weighted by molar-refractivity contribution is -0.396. The zero-order valence-corrected chi connectivity index (χ0v) is 13.5. The van der Waals surface area contributed by atoms with E-state index in [-0.39, 0.29) is 11.0 Å². The second kappa shape index (κ2) is 7.95. The van der Waals surface area contributed by atoms with Crippen LogP contribution in [-0.2, 0) is 20.3 Å². The second-order valence-electron chi connectivity index (χ2n) is 5.41.